The Balaban J connectivity index is 2.03. The maximum absolute atomic E-state index is 12.5. The van der Waals surface area contributed by atoms with Crippen molar-refractivity contribution in [3.8, 4) is 0 Å². The topological polar surface area (TPSA) is 59.7 Å². The van der Waals surface area contributed by atoms with E-state index in [1.165, 1.54) is 0 Å². The van der Waals surface area contributed by atoms with Gasteiger partial charge in [-0.1, -0.05) is 27.7 Å². The normalized spacial score (nSPS) is 19.2. The number of fused-ring (bicyclic) bond motifs is 1. The molecule has 1 fully saturated rings. The van der Waals surface area contributed by atoms with Crippen LogP contribution in [0, 0.1) is 5.92 Å². The first kappa shape index (κ1) is 17.9. The van der Waals surface area contributed by atoms with E-state index >= 15 is 0 Å². The number of hydrogen-bond acceptors (Lipinski definition) is 5. The van der Waals surface area contributed by atoms with Gasteiger partial charge in [0.25, 0.3) is 0 Å². The lowest BCUT2D eigenvalue weighted by Crippen LogP contribution is -2.24. The molecule has 1 atom stereocenters. The van der Waals surface area contributed by atoms with Crippen LogP contribution in [0.4, 0.5) is 19.0 Å². The summed E-state index contributed by atoms with van der Waals surface area (Å²) in [5, 5.41) is 8.42. The van der Waals surface area contributed by atoms with Crippen LogP contribution in [0.25, 0.3) is 11.2 Å². The number of hydrogen-bond donors (Lipinski definition) is 0. The van der Waals surface area contributed by atoms with E-state index in [-0.39, 0.29) is 12.0 Å². The Morgan fingerprint density at radius 3 is 2.40 bits per heavy atom. The molecular formula is C16H23F3N6. The average molecular weight is 356 g/mol. The summed E-state index contributed by atoms with van der Waals surface area (Å²) in [6, 6.07) is 0. The first-order valence-electron chi connectivity index (χ1n) is 8.48. The Kier molecular flexibility index (Phi) is 4.36. The van der Waals surface area contributed by atoms with Crippen molar-refractivity contribution >= 4 is 17.0 Å². The van der Waals surface area contributed by atoms with Crippen LogP contribution in [-0.4, -0.2) is 44.2 Å². The second kappa shape index (κ2) is 6.10. The minimum absolute atomic E-state index is 0.288. The minimum atomic E-state index is -4.24. The van der Waals surface area contributed by atoms with Crippen LogP contribution < -0.4 is 4.90 Å². The van der Waals surface area contributed by atoms with E-state index in [1.807, 2.05) is 20.8 Å². The Bertz CT molecular complexity index is 762. The largest absolute Gasteiger partial charge is 0.390 e. The molecule has 1 aliphatic heterocycles. The van der Waals surface area contributed by atoms with E-state index in [0.29, 0.717) is 28.7 Å². The van der Waals surface area contributed by atoms with Crippen LogP contribution in [0.15, 0.2) is 0 Å². The summed E-state index contributed by atoms with van der Waals surface area (Å²) in [4.78, 5) is 12.4. The van der Waals surface area contributed by atoms with Gasteiger partial charge < -0.3 is 4.90 Å². The Morgan fingerprint density at radius 1 is 1.12 bits per heavy atom. The zero-order valence-electron chi connectivity index (χ0n) is 14.9. The lowest BCUT2D eigenvalue weighted by Gasteiger charge is -2.21. The third kappa shape index (κ3) is 4.01. The van der Waals surface area contributed by atoms with Crippen molar-refractivity contribution in [2.45, 2.75) is 58.7 Å². The lowest BCUT2D eigenvalue weighted by molar-refractivity contribution is -0.137. The lowest BCUT2D eigenvalue weighted by atomic mass is 9.96. The molecule has 2 aromatic heterocycles. The molecule has 3 rings (SSSR count). The second-order valence-electron chi connectivity index (χ2n) is 7.79. The number of aromatic nitrogens is 5. The summed E-state index contributed by atoms with van der Waals surface area (Å²) in [6.07, 6.45) is -4.16. The van der Waals surface area contributed by atoms with Crippen LogP contribution in [0.1, 0.15) is 46.4 Å². The fourth-order valence-electron chi connectivity index (χ4n) is 2.85. The molecule has 1 unspecified atom stereocenters. The van der Waals surface area contributed by atoms with Gasteiger partial charge in [0, 0.05) is 18.5 Å². The van der Waals surface area contributed by atoms with Crippen molar-refractivity contribution in [3.05, 3.63) is 5.82 Å². The molecule has 138 valence electrons. The van der Waals surface area contributed by atoms with Crippen molar-refractivity contribution < 1.29 is 13.2 Å². The van der Waals surface area contributed by atoms with E-state index in [4.69, 9.17) is 0 Å². The smallest absolute Gasteiger partial charge is 0.354 e. The third-order valence-corrected chi connectivity index (χ3v) is 4.26. The van der Waals surface area contributed by atoms with Gasteiger partial charge in [0.1, 0.15) is 5.82 Å². The highest BCUT2D eigenvalue weighted by Gasteiger charge is 2.29. The van der Waals surface area contributed by atoms with Gasteiger partial charge in [0.2, 0.25) is 5.65 Å². The van der Waals surface area contributed by atoms with Crippen LogP contribution >= 0.6 is 0 Å². The van der Waals surface area contributed by atoms with Gasteiger partial charge >= 0.3 is 6.18 Å². The third-order valence-electron chi connectivity index (χ3n) is 4.26. The van der Waals surface area contributed by atoms with Crippen molar-refractivity contribution in [3.63, 3.8) is 0 Å². The quantitative estimate of drug-likeness (QED) is 0.844. The molecular weight excluding hydrogens is 333 g/mol. The van der Waals surface area contributed by atoms with Crippen LogP contribution in [0.3, 0.4) is 0 Å². The number of anilines is 1. The maximum Gasteiger partial charge on any atom is 0.390 e. The molecule has 0 saturated carbocycles. The number of aryl methyl sites for hydroxylation is 1. The molecule has 0 N–H and O–H groups in total. The second-order valence-corrected chi connectivity index (χ2v) is 7.79. The van der Waals surface area contributed by atoms with E-state index in [9.17, 15) is 13.2 Å². The fraction of sp³-hybridized carbons (Fsp3) is 0.750. The van der Waals surface area contributed by atoms with Gasteiger partial charge in [-0.3, -0.25) is 0 Å². The SMILES string of the molecule is CC1CCN(c2nc(C(C)(C)C)nc3nn(CCC(F)(F)F)nc23)C1. The molecule has 25 heavy (non-hydrogen) atoms. The van der Waals surface area contributed by atoms with E-state index in [2.05, 4.69) is 32.0 Å². The Hall–Kier alpha value is -1.93. The van der Waals surface area contributed by atoms with E-state index in [1.54, 1.807) is 0 Å². The molecule has 0 radical (unpaired) electrons. The highest BCUT2D eigenvalue weighted by molar-refractivity contribution is 5.82. The molecule has 1 aliphatic rings. The number of rotatable bonds is 3. The number of halogens is 3. The van der Waals surface area contributed by atoms with Gasteiger partial charge in [-0.25, -0.2) is 9.97 Å². The highest BCUT2D eigenvalue weighted by Crippen LogP contribution is 2.30. The van der Waals surface area contributed by atoms with Crippen molar-refractivity contribution in [2.75, 3.05) is 18.0 Å². The molecule has 0 spiro atoms. The summed E-state index contributed by atoms with van der Waals surface area (Å²) in [5.74, 6) is 1.85. The maximum atomic E-state index is 12.5. The van der Waals surface area contributed by atoms with Crippen LogP contribution in [-0.2, 0) is 12.0 Å². The number of nitrogens with zero attached hydrogens (tertiary/aromatic N) is 6. The summed E-state index contributed by atoms with van der Waals surface area (Å²) in [5.41, 5.74) is 0.547. The fourth-order valence-corrected chi connectivity index (χ4v) is 2.85. The Labute approximate surface area is 144 Å². The standard InChI is InChI=1S/C16H23F3N6/c1-10-5-7-24(9-10)13-11-12(20-14(21-13)15(2,3)4)23-25(22-11)8-6-16(17,18)19/h10H,5-9H2,1-4H3. The summed E-state index contributed by atoms with van der Waals surface area (Å²) < 4.78 is 37.4. The molecule has 9 heteroatoms. The molecule has 0 aliphatic carbocycles. The molecule has 3 heterocycles. The molecule has 0 amide bonds. The van der Waals surface area contributed by atoms with Gasteiger partial charge in [-0.15, -0.1) is 10.2 Å². The molecule has 1 saturated heterocycles. The Morgan fingerprint density at radius 2 is 1.84 bits per heavy atom. The van der Waals surface area contributed by atoms with Crippen molar-refractivity contribution in [2.24, 2.45) is 5.92 Å². The first-order valence-corrected chi connectivity index (χ1v) is 8.48. The molecule has 0 aromatic carbocycles. The molecule has 0 bridgehead atoms. The van der Waals surface area contributed by atoms with Crippen molar-refractivity contribution in [1.82, 2.24) is 25.0 Å². The zero-order chi connectivity index (χ0) is 18.4. The average Bonchev–Trinajstić information content (AvgIpc) is 3.08. The molecule has 2 aromatic rings. The predicted octanol–water partition coefficient (Wildman–Crippen LogP) is 3.32. The van der Waals surface area contributed by atoms with Crippen LogP contribution in [0.2, 0.25) is 0 Å². The zero-order valence-corrected chi connectivity index (χ0v) is 14.9. The van der Waals surface area contributed by atoms with Gasteiger partial charge in [-0.05, 0) is 12.3 Å². The highest BCUT2D eigenvalue weighted by atomic mass is 19.4. The minimum Gasteiger partial charge on any atom is -0.354 e. The number of alkyl halides is 3. The summed E-state index contributed by atoms with van der Waals surface area (Å²) in [6.45, 7) is 9.55. The predicted molar refractivity (Wildman–Crippen MR) is 88.5 cm³/mol. The van der Waals surface area contributed by atoms with E-state index in [0.717, 1.165) is 24.3 Å². The van der Waals surface area contributed by atoms with Gasteiger partial charge in [0.15, 0.2) is 11.3 Å². The van der Waals surface area contributed by atoms with Gasteiger partial charge in [-0.2, -0.15) is 18.0 Å². The van der Waals surface area contributed by atoms with Crippen LogP contribution in [0.5, 0.6) is 0 Å². The summed E-state index contributed by atoms with van der Waals surface area (Å²) in [7, 11) is 0. The first-order chi connectivity index (χ1) is 11.5. The monoisotopic (exact) mass is 356 g/mol. The van der Waals surface area contributed by atoms with Gasteiger partial charge in [0.05, 0.1) is 13.0 Å². The molecule has 6 nitrogen and oxygen atoms in total. The van der Waals surface area contributed by atoms with E-state index < -0.39 is 12.6 Å². The summed E-state index contributed by atoms with van der Waals surface area (Å²) >= 11 is 0. The van der Waals surface area contributed by atoms with Crippen molar-refractivity contribution in [1.29, 1.82) is 0 Å².